The summed E-state index contributed by atoms with van der Waals surface area (Å²) < 4.78 is 31.2. The number of benzene rings is 1. The molecule has 0 aliphatic rings. The lowest BCUT2D eigenvalue weighted by molar-refractivity contribution is -0.143. The number of hydrogen-bond donors (Lipinski definition) is 3. The number of ether oxygens (including phenoxy) is 1. The van der Waals surface area contributed by atoms with Gasteiger partial charge in [-0.3, -0.25) is 9.59 Å². The van der Waals surface area contributed by atoms with E-state index in [-0.39, 0.29) is 34.8 Å². The average Bonchev–Trinajstić information content (AvgIpc) is 2.70. The van der Waals surface area contributed by atoms with Crippen molar-refractivity contribution >= 4 is 33.8 Å². The highest BCUT2D eigenvalue weighted by atomic mass is 32.2. The SMILES string of the molecule is CCN(CC)S(=O)(=O)c1ccc(C(=O)NCC(=O)OCc2nc(N)nc(N)n2)cc1. The van der Waals surface area contributed by atoms with Crippen LogP contribution in [0.2, 0.25) is 0 Å². The Balaban J connectivity index is 1.91. The topological polar surface area (TPSA) is 183 Å². The van der Waals surface area contributed by atoms with Gasteiger partial charge in [0.05, 0.1) is 4.90 Å². The smallest absolute Gasteiger partial charge is 0.325 e. The Kier molecular flexibility index (Phi) is 7.60. The summed E-state index contributed by atoms with van der Waals surface area (Å²) in [6.07, 6.45) is 0. The van der Waals surface area contributed by atoms with Crippen molar-refractivity contribution < 1.29 is 22.7 Å². The van der Waals surface area contributed by atoms with Gasteiger partial charge in [-0.25, -0.2) is 8.42 Å². The molecule has 30 heavy (non-hydrogen) atoms. The van der Waals surface area contributed by atoms with E-state index >= 15 is 0 Å². The van der Waals surface area contributed by atoms with Crippen LogP contribution in [0.15, 0.2) is 29.2 Å². The van der Waals surface area contributed by atoms with Crippen molar-refractivity contribution in [2.45, 2.75) is 25.3 Å². The maximum Gasteiger partial charge on any atom is 0.325 e. The molecule has 1 amide bonds. The van der Waals surface area contributed by atoms with E-state index in [1.165, 1.54) is 28.6 Å². The molecule has 0 saturated carbocycles. The number of hydrogen-bond acceptors (Lipinski definition) is 10. The van der Waals surface area contributed by atoms with Crippen molar-refractivity contribution in [3.8, 4) is 0 Å². The highest BCUT2D eigenvalue weighted by Crippen LogP contribution is 2.16. The van der Waals surface area contributed by atoms with E-state index in [4.69, 9.17) is 16.2 Å². The van der Waals surface area contributed by atoms with Gasteiger partial charge in [0.1, 0.15) is 6.54 Å². The summed E-state index contributed by atoms with van der Waals surface area (Å²) in [5.41, 5.74) is 11.0. The maximum absolute atomic E-state index is 12.5. The minimum atomic E-state index is -3.62. The Bertz CT molecular complexity index is 987. The lowest BCUT2D eigenvalue weighted by Crippen LogP contribution is -2.31. The van der Waals surface area contributed by atoms with Gasteiger partial charge < -0.3 is 21.5 Å². The van der Waals surface area contributed by atoms with Gasteiger partial charge >= 0.3 is 5.97 Å². The van der Waals surface area contributed by atoms with Crippen LogP contribution in [-0.4, -0.2) is 59.2 Å². The monoisotopic (exact) mass is 437 g/mol. The maximum atomic E-state index is 12.5. The normalized spacial score (nSPS) is 11.3. The van der Waals surface area contributed by atoms with E-state index in [1.54, 1.807) is 13.8 Å². The third kappa shape index (κ3) is 5.84. The van der Waals surface area contributed by atoms with Gasteiger partial charge in [0.25, 0.3) is 5.91 Å². The summed E-state index contributed by atoms with van der Waals surface area (Å²) in [5, 5.41) is 2.39. The molecule has 162 valence electrons. The molecule has 0 aliphatic heterocycles. The summed E-state index contributed by atoms with van der Waals surface area (Å²) in [5.74, 6) is -1.43. The molecule has 1 aromatic heterocycles. The lowest BCUT2D eigenvalue weighted by Gasteiger charge is -2.18. The third-order valence-corrected chi connectivity index (χ3v) is 6.00. The molecular formula is C17H23N7O5S. The fraction of sp³-hybridized carbons (Fsp3) is 0.353. The summed E-state index contributed by atoms with van der Waals surface area (Å²) in [6.45, 7) is 3.47. The first-order valence-electron chi connectivity index (χ1n) is 8.97. The molecular weight excluding hydrogens is 414 g/mol. The highest BCUT2D eigenvalue weighted by molar-refractivity contribution is 7.89. The lowest BCUT2D eigenvalue weighted by atomic mass is 10.2. The average molecular weight is 437 g/mol. The Labute approximate surface area is 173 Å². The van der Waals surface area contributed by atoms with Crippen molar-refractivity contribution in [2.24, 2.45) is 0 Å². The summed E-state index contributed by atoms with van der Waals surface area (Å²) in [4.78, 5) is 35.2. The Morgan fingerprint density at radius 2 is 1.60 bits per heavy atom. The molecule has 0 saturated heterocycles. The fourth-order valence-electron chi connectivity index (χ4n) is 2.46. The van der Waals surface area contributed by atoms with Gasteiger partial charge in [-0.15, -0.1) is 0 Å². The second kappa shape index (κ2) is 9.93. The molecule has 2 aromatic rings. The van der Waals surface area contributed by atoms with E-state index in [2.05, 4.69) is 20.3 Å². The minimum absolute atomic E-state index is 0.0738. The first-order valence-corrected chi connectivity index (χ1v) is 10.4. The molecule has 2 rings (SSSR count). The second-order valence-corrected chi connectivity index (χ2v) is 7.86. The van der Waals surface area contributed by atoms with Crippen LogP contribution >= 0.6 is 0 Å². The van der Waals surface area contributed by atoms with Gasteiger partial charge in [0.15, 0.2) is 12.4 Å². The number of amides is 1. The van der Waals surface area contributed by atoms with Crippen LogP contribution in [0.25, 0.3) is 0 Å². The number of anilines is 2. The van der Waals surface area contributed by atoms with E-state index in [9.17, 15) is 18.0 Å². The number of nitrogens with zero attached hydrogens (tertiary/aromatic N) is 4. The van der Waals surface area contributed by atoms with Crippen LogP contribution in [-0.2, 0) is 26.2 Å². The number of aromatic nitrogens is 3. The molecule has 5 N–H and O–H groups in total. The second-order valence-electron chi connectivity index (χ2n) is 5.93. The standard InChI is InChI=1S/C17H23N7O5S/c1-3-24(4-2)30(27,28)12-7-5-11(6-8-12)15(26)20-9-14(25)29-10-13-21-16(18)23-17(19)22-13/h5-8H,3-4,9-10H2,1-2H3,(H,20,26)(H4,18,19,21,22,23). The van der Waals surface area contributed by atoms with Crippen molar-refractivity contribution in [3.63, 3.8) is 0 Å². The van der Waals surface area contributed by atoms with Gasteiger partial charge in [0, 0.05) is 18.7 Å². The zero-order valence-corrected chi connectivity index (χ0v) is 17.3. The fourth-order valence-corrected chi connectivity index (χ4v) is 3.92. The van der Waals surface area contributed by atoms with Crippen LogP contribution in [0.3, 0.4) is 0 Å². The molecule has 1 aromatic carbocycles. The molecule has 0 spiro atoms. The molecule has 0 unspecified atom stereocenters. The van der Waals surface area contributed by atoms with Crippen LogP contribution < -0.4 is 16.8 Å². The Hall–Kier alpha value is -3.32. The molecule has 0 atom stereocenters. The van der Waals surface area contributed by atoms with Gasteiger partial charge in [0.2, 0.25) is 21.9 Å². The van der Waals surface area contributed by atoms with Crippen molar-refractivity contribution in [1.29, 1.82) is 0 Å². The number of esters is 1. The summed E-state index contributed by atoms with van der Waals surface area (Å²) in [6, 6.07) is 5.42. The van der Waals surface area contributed by atoms with Crippen LogP contribution in [0.4, 0.5) is 11.9 Å². The van der Waals surface area contributed by atoms with Gasteiger partial charge in [-0.1, -0.05) is 13.8 Å². The van der Waals surface area contributed by atoms with E-state index in [0.717, 1.165) is 0 Å². The van der Waals surface area contributed by atoms with Crippen molar-refractivity contribution in [3.05, 3.63) is 35.7 Å². The molecule has 0 fully saturated rings. The zero-order valence-electron chi connectivity index (χ0n) is 16.5. The first kappa shape index (κ1) is 23.0. The number of sulfonamides is 1. The van der Waals surface area contributed by atoms with Crippen LogP contribution in [0.5, 0.6) is 0 Å². The summed E-state index contributed by atoms with van der Waals surface area (Å²) in [7, 11) is -3.62. The number of rotatable bonds is 9. The Morgan fingerprint density at radius 3 is 2.13 bits per heavy atom. The largest absolute Gasteiger partial charge is 0.456 e. The van der Waals surface area contributed by atoms with E-state index < -0.39 is 28.4 Å². The Morgan fingerprint density at radius 1 is 1.03 bits per heavy atom. The van der Waals surface area contributed by atoms with E-state index in [0.29, 0.717) is 13.1 Å². The number of carbonyl (C=O) groups is 2. The highest BCUT2D eigenvalue weighted by Gasteiger charge is 2.21. The van der Waals surface area contributed by atoms with Crippen LogP contribution in [0, 0.1) is 0 Å². The minimum Gasteiger partial charge on any atom is -0.456 e. The molecule has 0 bridgehead atoms. The first-order chi connectivity index (χ1) is 14.2. The van der Waals surface area contributed by atoms with Crippen LogP contribution in [0.1, 0.15) is 30.0 Å². The molecule has 13 heteroatoms. The molecule has 0 aliphatic carbocycles. The van der Waals surface area contributed by atoms with Crippen molar-refractivity contribution in [1.82, 2.24) is 24.6 Å². The number of nitrogen functional groups attached to an aromatic ring is 2. The van der Waals surface area contributed by atoms with Gasteiger partial charge in [-0.2, -0.15) is 19.3 Å². The molecule has 1 heterocycles. The predicted molar refractivity (Wildman–Crippen MR) is 107 cm³/mol. The molecule has 12 nitrogen and oxygen atoms in total. The van der Waals surface area contributed by atoms with E-state index in [1.807, 2.05) is 0 Å². The zero-order chi connectivity index (χ0) is 22.3. The molecule has 0 radical (unpaired) electrons. The van der Waals surface area contributed by atoms with Crippen molar-refractivity contribution in [2.75, 3.05) is 31.1 Å². The number of nitrogens with two attached hydrogens (primary N) is 2. The van der Waals surface area contributed by atoms with Gasteiger partial charge in [-0.05, 0) is 24.3 Å². The number of nitrogens with one attached hydrogen (secondary N) is 1. The quantitative estimate of drug-likeness (QED) is 0.434. The number of carbonyl (C=O) groups excluding carboxylic acids is 2. The summed E-state index contributed by atoms with van der Waals surface area (Å²) >= 11 is 0. The third-order valence-electron chi connectivity index (χ3n) is 3.93. The predicted octanol–water partition coefficient (Wildman–Crippen LogP) is -0.460.